The molecular formula is C12H13N3O8. The van der Waals surface area contributed by atoms with E-state index in [0.29, 0.717) is 4.90 Å². The fourth-order valence-electron chi connectivity index (χ4n) is 2.56. The Morgan fingerprint density at radius 2 is 1.96 bits per heavy atom. The second-order valence-corrected chi connectivity index (χ2v) is 4.86. The lowest BCUT2D eigenvalue weighted by atomic mass is 10.2. The molecule has 2 heterocycles. The maximum Gasteiger partial charge on any atom is 0.409 e. The van der Waals surface area contributed by atoms with Crippen LogP contribution in [0.4, 0.5) is 4.79 Å². The molecule has 1 aromatic heterocycles. The SMILES string of the molecule is CC(=O)O[C@@H]1C[C@@H](C(=O)O)N(C(=O)O)[C@H]1n1ccc(=O)[nH]c1=O. The van der Waals surface area contributed by atoms with E-state index in [1.165, 1.54) is 0 Å². The lowest BCUT2D eigenvalue weighted by Crippen LogP contribution is -2.47. The first-order chi connectivity index (χ1) is 10.7. The number of hydrogen-bond donors (Lipinski definition) is 3. The first-order valence-corrected chi connectivity index (χ1v) is 6.45. The van der Waals surface area contributed by atoms with Crippen molar-refractivity contribution in [3.8, 4) is 0 Å². The van der Waals surface area contributed by atoms with Crippen LogP contribution in [0.5, 0.6) is 0 Å². The molecule has 0 aliphatic carbocycles. The van der Waals surface area contributed by atoms with Gasteiger partial charge in [-0.05, 0) is 0 Å². The molecule has 23 heavy (non-hydrogen) atoms. The summed E-state index contributed by atoms with van der Waals surface area (Å²) in [6, 6.07) is -0.527. The van der Waals surface area contributed by atoms with Crippen LogP contribution < -0.4 is 11.2 Å². The van der Waals surface area contributed by atoms with Gasteiger partial charge in [-0.2, -0.15) is 0 Å². The van der Waals surface area contributed by atoms with Crippen LogP contribution in [0.3, 0.4) is 0 Å². The lowest BCUT2D eigenvalue weighted by molar-refractivity contribution is -0.149. The minimum Gasteiger partial charge on any atom is -0.480 e. The molecule has 0 aromatic carbocycles. The maximum absolute atomic E-state index is 11.9. The van der Waals surface area contributed by atoms with E-state index >= 15 is 0 Å². The number of rotatable bonds is 3. The smallest absolute Gasteiger partial charge is 0.409 e. The Morgan fingerprint density at radius 1 is 1.30 bits per heavy atom. The molecule has 2 rings (SSSR count). The third-order valence-corrected chi connectivity index (χ3v) is 3.37. The van der Waals surface area contributed by atoms with Crippen molar-refractivity contribution < 1.29 is 29.3 Å². The number of carbonyl (C=O) groups excluding carboxylic acids is 1. The molecule has 0 bridgehead atoms. The number of aromatic amines is 1. The number of H-pyrrole nitrogens is 1. The van der Waals surface area contributed by atoms with Crippen LogP contribution in [0.25, 0.3) is 0 Å². The third kappa shape index (κ3) is 3.07. The van der Waals surface area contributed by atoms with E-state index in [-0.39, 0.29) is 6.42 Å². The second kappa shape index (κ2) is 5.94. The lowest BCUT2D eigenvalue weighted by Gasteiger charge is -2.28. The minimum absolute atomic E-state index is 0.322. The number of esters is 1. The molecule has 0 spiro atoms. The zero-order chi connectivity index (χ0) is 17.3. The number of likely N-dealkylation sites (tertiary alicyclic amines) is 1. The Kier molecular flexibility index (Phi) is 4.20. The topological polar surface area (TPSA) is 159 Å². The van der Waals surface area contributed by atoms with E-state index in [0.717, 1.165) is 23.8 Å². The number of aromatic nitrogens is 2. The van der Waals surface area contributed by atoms with E-state index in [1.54, 1.807) is 0 Å². The van der Waals surface area contributed by atoms with Gasteiger partial charge < -0.3 is 14.9 Å². The number of carboxylic acid groups (broad SMARTS) is 2. The van der Waals surface area contributed by atoms with E-state index in [1.807, 2.05) is 4.98 Å². The Morgan fingerprint density at radius 3 is 2.43 bits per heavy atom. The number of aliphatic carboxylic acids is 1. The van der Waals surface area contributed by atoms with Crippen molar-refractivity contribution in [1.82, 2.24) is 14.5 Å². The predicted molar refractivity (Wildman–Crippen MR) is 71.8 cm³/mol. The van der Waals surface area contributed by atoms with Crippen LogP contribution in [0, 0.1) is 0 Å². The zero-order valence-corrected chi connectivity index (χ0v) is 11.8. The maximum atomic E-state index is 11.9. The number of hydrogen-bond acceptors (Lipinski definition) is 6. The summed E-state index contributed by atoms with van der Waals surface area (Å²) in [6.45, 7) is 1.08. The van der Waals surface area contributed by atoms with E-state index < -0.39 is 47.6 Å². The van der Waals surface area contributed by atoms with Crippen molar-refractivity contribution in [1.29, 1.82) is 0 Å². The fourth-order valence-corrected chi connectivity index (χ4v) is 2.56. The molecule has 3 atom stereocenters. The highest BCUT2D eigenvalue weighted by molar-refractivity contribution is 5.80. The molecule has 1 saturated heterocycles. The zero-order valence-electron chi connectivity index (χ0n) is 11.8. The van der Waals surface area contributed by atoms with Gasteiger partial charge in [-0.15, -0.1) is 0 Å². The molecular weight excluding hydrogens is 314 g/mol. The monoisotopic (exact) mass is 327 g/mol. The van der Waals surface area contributed by atoms with Crippen LogP contribution in [-0.4, -0.2) is 54.8 Å². The standard InChI is InChI=1S/C12H13N3O8/c1-5(16)23-7-4-6(10(18)19)15(12(21)22)9(7)14-3-2-8(17)13-11(14)20/h2-3,6-7,9H,4H2,1H3,(H,18,19)(H,21,22)(H,13,17,20)/t6-,7+,9+/m0/s1. The number of amides is 1. The van der Waals surface area contributed by atoms with Crippen LogP contribution >= 0.6 is 0 Å². The molecule has 0 radical (unpaired) electrons. The Hall–Kier alpha value is -3.11. The van der Waals surface area contributed by atoms with Crippen LogP contribution in [0.2, 0.25) is 0 Å². The number of nitrogens with one attached hydrogen (secondary N) is 1. The molecule has 0 unspecified atom stereocenters. The average molecular weight is 327 g/mol. The quantitative estimate of drug-likeness (QED) is 0.584. The van der Waals surface area contributed by atoms with Gasteiger partial charge in [0, 0.05) is 25.6 Å². The van der Waals surface area contributed by atoms with Crippen molar-refractivity contribution in [2.75, 3.05) is 0 Å². The molecule has 11 heteroatoms. The van der Waals surface area contributed by atoms with Crippen molar-refractivity contribution in [2.45, 2.75) is 31.7 Å². The summed E-state index contributed by atoms with van der Waals surface area (Å²) in [7, 11) is 0. The number of nitrogens with zero attached hydrogens (tertiary/aromatic N) is 2. The molecule has 0 saturated carbocycles. The third-order valence-electron chi connectivity index (χ3n) is 3.37. The van der Waals surface area contributed by atoms with Gasteiger partial charge in [-0.25, -0.2) is 14.4 Å². The summed E-state index contributed by atoms with van der Waals surface area (Å²) in [4.78, 5) is 59.4. The number of carbonyl (C=O) groups is 3. The number of ether oxygens (including phenoxy) is 1. The summed E-state index contributed by atoms with van der Waals surface area (Å²) in [5, 5.41) is 18.5. The highest BCUT2D eigenvalue weighted by Crippen LogP contribution is 2.34. The largest absolute Gasteiger partial charge is 0.480 e. The van der Waals surface area contributed by atoms with Crippen molar-refractivity contribution in [3.05, 3.63) is 33.1 Å². The van der Waals surface area contributed by atoms with Gasteiger partial charge in [-0.3, -0.25) is 24.0 Å². The molecule has 1 aromatic rings. The van der Waals surface area contributed by atoms with E-state index in [2.05, 4.69) is 0 Å². The molecule has 1 aliphatic heterocycles. The van der Waals surface area contributed by atoms with Crippen molar-refractivity contribution in [2.24, 2.45) is 0 Å². The summed E-state index contributed by atoms with van der Waals surface area (Å²) >= 11 is 0. The van der Waals surface area contributed by atoms with Crippen molar-refractivity contribution in [3.63, 3.8) is 0 Å². The Labute approximate surface area is 127 Å². The van der Waals surface area contributed by atoms with Crippen molar-refractivity contribution >= 4 is 18.0 Å². The summed E-state index contributed by atoms with van der Waals surface area (Å²) < 4.78 is 5.78. The molecule has 1 fully saturated rings. The van der Waals surface area contributed by atoms with Gasteiger partial charge >= 0.3 is 23.7 Å². The molecule has 3 N–H and O–H groups in total. The van der Waals surface area contributed by atoms with Crippen LogP contribution in [0.1, 0.15) is 19.5 Å². The molecule has 1 aliphatic rings. The second-order valence-electron chi connectivity index (χ2n) is 4.86. The molecule has 1 amide bonds. The Balaban J connectivity index is 2.57. The van der Waals surface area contributed by atoms with Crippen LogP contribution in [-0.2, 0) is 14.3 Å². The highest BCUT2D eigenvalue weighted by atomic mass is 16.5. The fraction of sp³-hybridized carbons (Fsp3) is 0.417. The summed E-state index contributed by atoms with van der Waals surface area (Å²) in [5.74, 6) is -2.20. The first kappa shape index (κ1) is 16.3. The normalized spacial score (nSPS) is 23.5. The van der Waals surface area contributed by atoms with Gasteiger partial charge in [0.15, 0.2) is 6.17 Å². The van der Waals surface area contributed by atoms with Gasteiger partial charge in [0.1, 0.15) is 12.1 Å². The summed E-state index contributed by atoms with van der Waals surface area (Å²) in [5.41, 5.74) is -1.65. The average Bonchev–Trinajstić information content (AvgIpc) is 2.77. The van der Waals surface area contributed by atoms with E-state index in [4.69, 9.17) is 4.74 Å². The van der Waals surface area contributed by atoms with Gasteiger partial charge in [0.25, 0.3) is 5.56 Å². The number of carboxylic acids is 1. The van der Waals surface area contributed by atoms with Gasteiger partial charge in [-0.1, -0.05) is 0 Å². The van der Waals surface area contributed by atoms with Crippen LogP contribution in [0.15, 0.2) is 21.9 Å². The van der Waals surface area contributed by atoms with Gasteiger partial charge in [0.2, 0.25) is 0 Å². The first-order valence-electron chi connectivity index (χ1n) is 6.45. The molecule has 11 nitrogen and oxygen atoms in total. The predicted octanol–water partition coefficient (Wildman–Crippen LogP) is -1.20. The van der Waals surface area contributed by atoms with Gasteiger partial charge in [0.05, 0.1) is 0 Å². The van der Waals surface area contributed by atoms with E-state index in [9.17, 15) is 34.2 Å². The Bertz CT molecular complexity index is 766. The summed E-state index contributed by atoms with van der Waals surface area (Å²) in [6.07, 6.45) is -3.50. The molecule has 124 valence electrons. The highest BCUT2D eigenvalue weighted by Gasteiger charge is 2.50. The minimum atomic E-state index is -1.60.